The molecule has 23 heavy (non-hydrogen) atoms. The number of hydrogen-bond donors (Lipinski definition) is 1. The van der Waals surface area contributed by atoms with E-state index in [9.17, 15) is 9.59 Å². The molecule has 0 unspecified atom stereocenters. The average molecular weight is 317 g/mol. The van der Waals surface area contributed by atoms with Gasteiger partial charge in [0.25, 0.3) is 11.6 Å². The van der Waals surface area contributed by atoms with Crippen LogP contribution in [0.1, 0.15) is 62.3 Å². The molecule has 0 spiro atoms. The van der Waals surface area contributed by atoms with Crippen molar-refractivity contribution in [2.24, 2.45) is 5.41 Å². The molecule has 0 saturated carbocycles. The van der Waals surface area contributed by atoms with Gasteiger partial charge in [-0.05, 0) is 18.9 Å². The van der Waals surface area contributed by atoms with Crippen LogP contribution in [0.25, 0.3) is 11.1 Å². The summed E-state index contributed by atoms with van der Waals surface area (Å²) < 4.78 is 5.25. The van der Waals surface area contributed by atoms with Crippen LogP contribution in [-0.4, -0.2) is 28.4 Å². The number of rotatable bonds is 4. The minimum Gasteiger partial charge on any atom is -0.345 e. The van der Waals surface area contributed by atoms with E-state index in [1.165, 1.54) is 0 Å². The minimum absolute atomic E-state index is 0.00646. The summed E-state index contributed by atoms with van der Waals surface area (Å²) >= 11 is 0. The summed E-state index contributed by atoms with van der Waals surface area (Å²) in [5.41, 5.74) is 1.66. The summed E-state index contributed by atoms with van der Waals surface area (Å²) in [7, 11) is 0. The summed E-state index contributed by atoms with van der Waals surface area (Å²) in [6.45, 7) is 11.2. The number of pyridine rings is 1. The lowest BCUT2D eigenvalue weighted by atomic mass is 9.91. The van der Waals surface area contributed by atoms with Crippen LogP contribution < -0.4 is 5.32 Å². The van der Waals surface area contributed by atoms with E-state index < -0.39 is 5.41 Å². The highest BCUT2D eigenvalue weighted by Crippen LogP contribution is 2.27. The number of carbonyl (C=O) groups is 2. The van der Waals surface area contributed by atoms with Gasteiger partial charge in [-0.15, -0.1) is 0 Å². The molecule has 0 aliphatic carbocycles. The van der Waals surface area contributed by atoms with E-state index in [0.29, 0.717) is 28.1 Å². The molecule has 0 aliphatic rings. The highest BCUT2D eigenvalue weighted by molar-refractivity contribution is 6.07. The van der Waals surface area contributed by atoms with Gasteiger partial charge in [0.2, 0.25) is 0 Å². The third-order valence-corrected chi connectivity index (χ3v) is 3.64. The van der Waals surface area contributed by atoms with Gasteiger partial charge in [-0.1, -0.05) is 39.8 Å². The Bertz CT molecular complexity index is 754. The fourth-order valence-corrected chi connectivity index (χ4v) is 2.19. The van der Waals surface area contributed by atoms with Crippen LogP contribution in [0.4, 0.5) is 0 Å². The van der Waals surface area contributed by atoms with Crippen molar-refractivity contribution in [1.29, 1.82) is 0 Å². The predicted octanol–water partition coefficient (Wildman–Crippen LogP) is 3.00. The summed E-state index contributed by atoms with van der Waals surface area (Å²) in [6.07, 6.45) is 0. The minimum atomic E-state index is -0.489. The smallest absolute Gasteiger partial charge is 0.259 e. The molecule has 0 aromatic carbocycles. The van der Waals surface area contributed by atoms with E-state index in [-0.39, 0.29) is 24.2 Å². The topological polar surface area (TPSA) is 85.1 Å². The Kier molecular flexibility index (Phi) is 4.54. The molecule has 2 aromatic rings. The van der Waals surface area contributed by atoms with E-state index in [0.717, 1.165) is 0 Å². The van der Waals surface area contributed by atoms with Crippen molar-refractivity contribution in [2.45, 2.75) is 47.5 Å². The second kappa shape index (κ2) is 6.10. The zero-order valence-corrected chi connectivity index (χ0v) is 14.5. The van der Waals surface area contributed by atoms with Gasteiger partial charge in [-0.2, -0.15) is 0 Å². The number of hydrogen-bond acceptors (Lipinski definition) is 5. The van der Waals surface area contributed by atoms with E-state index in [1.54, 1.807) is 13.0 Å². The number of nitrogens with zero attached hydrogens (tertiary/aromatic N) is 2. The summed E-state index contributed by atoms with van der Waals surface area (Å²) in [5.74, 6) is -0.242. The van der Waals surface area contributed by atoms with E-state index in [1.807, 2.05) is 34.6 Å². The highest BCUT2D eigenvalue weighted by Gasteiger charge is 2.24. The van der Waals surface area contributed by atoms with Crippen molar-refractivity contribution in [1.82, 2.24) is 15.5 Å². The number of aryl methyl sites for hydroxylation is 1. The molecule has 1 N–H and O–H groups in total. The van der Waals surface area contributed by atoms with Gasteiger partial charge in [0, 0.05) is 11.1 Å². The molecule has 0 fully saturated rings. The summed E-state index contributed by atoms with van der Waals surface area (Å²) in [4.78, 5) is 28.8. The number of ketones is 1. The molecule has 0 radical (unpaired) electrons. The van der Waals surface area contributed by atoms with E-state index >= 15 is 0 Å². The van der Waals surface area contributed by atoms with Crippen molar-refractivity contribution in [3.8, 4) is 0 Å². The molecule has 6 heteroatoms. The first-order valence-corrected chi connectivity index (χ1v) is 7.69. The zero-order chi connectivity index (χ0) is 17.4. The largest absolute Gasteiger partial charge is 0.345 e. The number of nitrogens with one attached hydrogen (secondary N) is 1. The van der Waals surface area contributed by atoms with E-state index in [4.69, 9.17) is 4.52 Å². The van der Waals surface area contributed by atoms with Gasteiger partial charge < -0.3 is 9.84 Å². The lowest BCUT2D eigenvalue weighted by Gasteiger charge is -2.17. The number of fused-ring (bicyclic) bond motifs is 1. The Morgan fingerprint density at radius 2 is 1.96 bits per heavy atom. The Balaban J connectivity index is 2.36. The maximum Gasteiger partial charge on any atom is 0.259 e. The van der Waals surface area contributed by atoms with Crippen LogP contribution in [0.15, 0.2) is 10.6 Å². The van der Waals surface area contributed by atoms with Crippen LogP contribution in [0.5, 0.6) is 0 Å². The first-order valence-electron chi connectivity index (χ1n) is 7.69. The monoisotopic (exact) mass is 317 g/mol. The van der Waals surface area contributed by atoms with Gasteiger partial charge in [0.05, 0.1) is 23.2 Å². The maximum absolute atomic E-state index is 12.6. The third kappa shape index (κ3) is 3.57. The molecule has 2 heterocycles. The standard InChI is InChI=1S/C17H23N3O3/c1-9(2)14-13-11(7-10(3)19-16(13)23-20-14)15(22)18-8-12(21)17(4,5)6/h7,9H,8H2,1-6H3,(H,18,22). The Labute approximate surface area is 135 Å². The lowest BCUT2D eigenvalue weighted by Crippen LogP contribution is -2.35. The molecule has 2 aromatic heterocycles. The lowest BCUT2D eigenvalue weighted by molar-refractivity contribution is -0.125. The first kappa shape index (κ1) is 17.1. The molecular formula is C17H23N3O3. The van der Waals surface area contributed by atoms with Crippen molar-refractivity contribution < 1.29 is 14.1 Å². The van der Waals surface area contributed by atoms with Crippen molar-refractivity contribution >= 4 is 22.8 Å². The quantitative estimate of drug-likeness (QED) is 0.937. The van der Waals surface area contributed by atoms with Gasteiger partial charge in [0.1, 0.15) is 0 Å². The summed E-state index contributed by atoms with van der Waals surface area (Å²) in [5, 5.41) is 7.34. The molecule has 124 valence electrons. The van der Waals surface area contributed by atoms with Crippen LogP contribution in [0.2, 0.25) is 0 Å². The van der Waals surface area contributed by atoms with Gasteiger partial charge in [-0.3, -0.25) is 9.59 Å². The normalized spacial score (nSPS) is 12.0. The second-order valence-corrected chi connectivity index (χ2v) is 7.07. The Morgan fingerprint density at radius 1 is 1.30 bits per heavy atom. The van der Waals surface area contributed by atoms with Crippen LogP contribution >= 0.6 is 0 Å². The van der Waals surface area contributed by atoms with Crippen LogP contribution in [-0.2, 0) is 4.79 Å². The molecular weight excluding hydrogens is 294 g/mol. The fourth-order valence-electron chi connectivity index (χ4n) is 2.19. The zero-order valence-electron chi connectivity index (χ0n) is 14.5. The van der Waals surface area contributed by atoms with Gasteiger partial charge >= 0.3 is 0 Å². The van der Waals surface area contributed by atoms with Gasteiger partial charge in [0.15, 0.2) is 5.78 Å². The molecule has 6 nitrogen and oxygen atoms in total. The highest BCUT2D eigenvalue weighted by atomic mass is 16.5. The second-order valence-electron chi connectivity index (χ2n) is 7.07. The summed E-state index contributed by atoms with van der Waals surface area (Å²) in [6, 6.07) is 1.70. The Hall–Kier alpha value is -2.24. The molecule has 2 rings (SSSR count). The molecule has 0 saturated heterocycles. The van der Waals surface area contributed by atoms with Crippen LogP contribution in [0.3, 0.4) is 0 Å². The molecule has 0 aliphatic heterocycles. The number of carbonyl (C=O) groups excluding carboxylic acids is 2. The number of Topliss-reactive ketones (excluding diaryl/α,β-unsaturated/α-hetero) is 1. The molecule has 1 amide bonds. The third-order valence-electron chi connectivity index (χ3n) is 3.64. The number of amides is 1. The number of aromatic nitrogens is 2. The van der Waals surface area contributed by atoms with Gasteiger partial charge in [-0.25, -0.2) is 4.98 Å². The van der Waals surface area contributed by atoms with E-state index in [2.05, 4.69) is 15.5 Å². The van der Waals surface area contributed by atoms with Crippen LogP contribution in [0, 0.1) is 12.3 Å². The predicted molar refractivity (Wildman–Crippen MR) is 87.4 cm³/mol. The SMILES string of the molecule is Cc1cc(C(=O)NCC(=O)C(C)(C)C)c2c(C(C)C)noc2n1. The average Bonchev–Trinajstić information content (AvgIpc) is 2.85. The Morgan fingerprint density at radius 3 is 2.52 bits per heavy atom. The van der Waals surface area contributed by atoms with Crippen molar-refractivity contribution in [2.75, 3.05) is 6.54 Å². The first-order chi connectivity index (χ1) is 10.6. The molecule has 0 bridgehead atoms. The maximum atomic E-state index is 12.6. The van der Waals surface area contributed by atoms with Crippen molar-refractivity contribution in [3.05, 3.63) is 23.0 Å². The molecule has 0 atom stereocenters. The fraction of sp³-hybridized carbons (Fsp3) is 0.529. The van der Waals surface area contributed by atoms with Crippen molar-refractivity contribution in [3.63, 3.8) is 0 Å².